The van der Waals surface area contributed by atoms with Crippen LogP contribution in [-0.2, 0) is 26.2 Å². The molecule has 7 heteroatoms. The van der Waals surface area contributed by atoms with Crippen LogP contribution >= 0.6 is 0 Å². The molecule has 23 heavy (non-hydrogen) atoms. The lowest BCUT2D eigenvalue weighted by Gasteiger charge is -2.25. The average Bonchev–Trinajstić information content (AvgIpc) is 3.33. The van der Waals surface area contributed by atoms with E-state index < -0.39 is 27.8 Å². The van der Waals surface area contributed by atoms with Crippen LogP contribution in [0.25, 0.3) is 0 Å². The van der Waals surface area contributed by atoms with E-state index in [1.165, 1.54) is 6.92 Å². The molecule has 0 aromatic heterocycles. The number of rotatable bonds is 8. The minimum atomic E-state index is -3.63. The smallest absolute Gasteiger partial charge is 0.289 e. The summed E-state index contributed by atoms with van der Waals surface area (Å²) in [7, 11) is -3.63. The van der Waals surface area contributed by atoms with Gasteiger partial charge in [-0.25, -0.2) is 8.42 Å². The summed E-state index contributed by atoms with van der Waals surface area (Å²) in [5.41, 5.74) is 0.760. The molecule has 0 heterocycles. The van der Waals surface area contributed by atoms with Crippen LogP contribution in [-0.4, -0.2) is 43.3 Å². The Morgan fingerprint density at radius 1 is 1.26 bits per heavy atom. The number of nitrogens with one attached hydrogen (secondary N) is 1. The number of hydrogen-bond acceptors (Lipinski definition) is 4. The Labute approximate surface area is 136 Å². The number of amides is 1. The molecule has 0 saturated heterocycles. The predicted octanol–water partition coefficient (Wildman–Crippen LogP) is 0.932. The lowest BCUT2D eigenvalue weighted by Crippen LogP contribution is -2.48. The number of benzene rings is 1. The summed E-state index contributed by atoms with van der Waals surface area (Å²) in [6.45, 7) is 1.99. The van der Waals surface area contributed by atoms with Gasteiger partial charge in [0.05, 0.1) is 12.3 Å². The number of hydrogen-bond donors (Lipinski definition) is 1. The summed E-state index contributed by atoms with van der Waals surface area (Å²) in [5.74, 6) is -0.990. The molecule has 2 rings (SSSR count). The van der Waals surface area contributed by atoms with Gasteiger partial charge in [0.2, 0.25) is 15.8 Å². The third kappa shape index (κ3) is 5.14. The molecule has 1 atom stereocenters. The SMILES string of the molecule is CC(C(=O)C(=O)NCC1CC1)N(Cc1ccccc1)S(C)(=O)=O. The summed E-state index contributed by atoms with van der Waals surface area (Å²) in [6.07, 6.45) is 3.17. The Morgan fingerprint density at radius 3 is 2.39 bits per heavy atom. The van der Waals surface area contributed by atoms with Crippen molar-refractivity contribution in [2.45, 2.75) is 32.4 Å². The van der Waals surface area contributed by atoms with Gasteiger partial charge < -0.3 is 5.32 Å². The normalized spacial score (nSPS) is 16.1. The van der Waals surface area contributed by atoms with Crippen molar-refractivity contribution in [1.29, 1.82) is 0 Å². The van der Waals surface area contributed by atoms with Crippen LogP contribution in [0.5, 0.6) is 0 Å². The summed E-state index contributed by atoms with van der Waals surface area (Å²) in [5, 5.41) is 2.59. The fourth-order valence-electron chi connectivity index (χ4n) is 2.27. The second-order valence-electron chi connectivity index (χ2n) is 5.99. The largest absolute Gasteiger partial charge is 0.349 e. The highest BCUT2D eigenvalue weighted by Gasteiger charge is 2.33. The molecule has 0 aliphatic heterocycles. The Hall–Kier alpha value is -1.73. The highest BCUT2D eigenvalue weighted by atomic mass is 32.2. The first-order chi connectivity index (χ1) is 10.8. The van der Waals surface area contributed by atoms with E-state index in [2.05, 4.69) is 5.32 Å². The van der Waals surface area contributed by atoms with E-state index in [9.17, 15) is 18.0 Å². The van der Waals surface area contributed by atoms with Gasteiger partial charge in [-0.3, -0.25) is 9.59 Å². The molecule has 1 aliphatic rings. The number of carbonyl (C=O) groups excluding carboxylic acids is 2. The standard InChI is InChI=1S/C16H22N2O4S/c1-12(15(19)16(20)17-10-13-8-9-13)18(23(2,21)22)11-14-6-4-3-5-7-14/h3-7,12-13H,8-11H2,1-2H3,(H,17,20). The molecule has 126 valence electrons. The molecule has 1 aliphatic carbocycles. The van der Waals surface area contributed by atoms with Crippen molar-refractivity contribution >= 4 is 21.7 Å². The van der Waals surface area contributed by atoms with Crippen LogP contribution in [0.15, 0.2) is 30.3 Å². The molecular weight excluding hydrogens is 316 g/mol. The van der Waals surface area contributed by atoms with E-state index >= 15 is 0 Å². The van der Waals surface area contributed by atoms with Crippen molar-refractivity contribution in [2.24, 2.45) is 5.92 Å². The molecule has 1 aromatic carbocycles. The molecule has 1 N–H and O–H groups in total. The maximum atomic E-state index is 12.2. The van der Waals surface area contributed by atoms with Gasteiger partial charge >= 0.3 is 0 Å². The molecule has 0 spiro atoms. The molecule has 1 unspecified atom stereocenters. The lowest BCUT2D eigenvalue weighted by molar-refractivity contribution is -0.139. The zero-order valence-corrected chi connectivity index (χ0v) is 14.2. The molecule has 0 radical (unpaired) electrons. The molecule has 6 nitrogen and oxygen atoms in total. The topological polar surface area (TPSA) is 83.6 Å². The summed E-state index contributed by atoms with van der Waals surface area (Å²) in [4.78, 5) is 24.2. The quantitative estimate of drug-likeness (QED) is 0.715. The first-order valence-electron chi connectivity index (χ1n) is 7.62. The molecule has 1 fully saturated rings. The van der Waals surface area contributed by atoms with Gasteiger partial charge in [-0.05, 0) is 31.2 Å². The predicted molar refractivity (Wildman–Crippen MR) is 87.0 cm³/mol. The molecule has 1 aromatic rings. The van der Waals surface area contributed by atoms with Crippen molar-refractivity contribution in [3.63, 3.8) is 0 Å². The van der Waals surface area contributed by atoms with Gasteiger partial charge in [0.1, 0.15) is 0 Å². The zero-order chi connectivity index (χ0) is 17.0. The Balaban J connectivity index is 2.07. The van der Waals surface area contributed by atoms with Crippen molar-refractivity contribution in [2.75, 3.05) is 12.8 Å². The van der Waals surface area contributed by atoms with Gasteiger partial charge in [-0.2, -0.15) is 4.31 Å². The van der Waals surface area contributed by atoms with Gasteiger partial charge in [0.25, 0.3) is 5.91 Å². The van der Waals surface area contributed by atoms with E-state index in [-0.39, 0.29) is 6.54 Å². The third-order valence-corrected chi connectivity index (χ3v) is 5.19. The van der Waals surface area contributed by atoms with Crippen LogP contribution in [0, 0.1) is 5.92 Å². The van der Waals surface area contributed by atoms with Crippen LogP contribution in [0.4, 0.5) is 0 Å². The minimum Gasteiger partial charge on any atom is -0.349 e. The molecule has 1 amide bonds. The first-order valence-corrected chi connectivity index (χ1v) is 9.46. The van der Waals surface area contributed by atoms with E-state index in [1.54, 1.807) is 24.3 Å². The Bertz CT molecular complexity index is 669. The fraction of sp³-hybridized carbons (Fsp3) is 0.500. The number of Topliss-reactive ketones (excluding diaryl/α,β-unsaturated/α-hetero) is 1. The van der Waals surface area contributed by atoms with Gasteiger partial charge in [0, 0.05) is 13.1 Å². The van der Waals surface area contributed by atoms with Crippen molar-refractivity contribution in [3.8, 4) is 0 Å². The van der Waals surface area contributed by atoms with Gasteiger partial charge in [-0.1, -0.05) is 30.3 Å². The maximum absolute atomic E-state index is 12.2. The number of sulfonamides is 1. The van der Waals surface area contributed by atoms with Gasteiger partial charge in [0.15, 0.2) is 0 Å². The van der Waals surface area contributed by atoms with E-state index in [0.29, 0.717) is 12.5 Å². The van der Waals surface area contributed by atoms with Crippen LogP contribution in [0.3, 0.4) is 0 Å². The summed E-state index contributed by atoms with van der Waals surface area (Å²) < 4.78 is 25.1. The Kier molecular flexibility index (Phi) is 5.54. The monoisotopic (exact) mass is 338 g/mol. The lowest BCUT2D eigenvalue weighted by atomic mass is 10.1. The summed E-state index contributed by atoms with van der Waals surface area (Å²) in [6, 6.07) is 7.94. The zero-order valence-electron chi connectivity index (χ0n) is 13.4. The highest BCUT2D eigenvalue weighted by molar-refractivity contribution is 7.88. The maximum Gasteiger partial charge on any atom is 0.289 e. The van der Waals surface area contributed by atoms with E-state index in [1.807, 2.05) is 6.07 Å². The average molecular weight is 338 g/mol. The molecule has 1 saturated carbocycles. The molecule has 0 bridgehead atoms. The Morgan fingerprint density at radius 2 is 1.87 bits per heavy atom. The minimum absolute atomic E-state index is 0.0580. The number of ketones is 1. The number of carbonyl (C=O) groups is 2. The highest BCUT2D eigenvalue weighted by Crippen LogP contribution is 2.27. The third-order valence-electron chi connectivity index (χ3n) is 3.89. The molecular formula is C16H22N2O4S. The number of nitrogens with zero attached hydrogens (tertiary/aromatic N) is 1. The van der Waals surface area contributed by atoms with E-state index in [4.69, 9.17) is 0 Å². The summed E-state index contributed by atoms with van der Waals surface area (Å²) >= 11 is 0. The van der Waals surface area contributed by atoms with Crippen molar-refractivity contribution in [1.82, 2.24) is 9.62 Å². The first kappa shape index (κ1) is 17.6. The van der Waals surface area contributed by atoms with Gasteiger partial charge in [-0.15, -0.1) is 0 Å². The second-order valence-corrected chi connectivity index (χ2v) is 7.92. The van der Waals surface area contributed by atoms with Crippen LogP contribution < -0.4 is 5.32 Å². The van der Waals surface area contributed by atoms with Crippen LogP contribution in [0.1, 0.15) is 25.3 Å². The fourth-order valence-corrected chi connectivity index (χ4v) is 3.33. The van der Waals surface area contributed by atoms with Crippen molar-refractivity contribution < 1.29 is 18.0 Å². The van der Waals surface area contributed by atoms with Crippen molar-refractivity contribution in [3.05, 3.63) is 35.9 Å². The second kappa shape index (κ2) is 7.23. The van der Waals surface area contributed by atoms with E-state index in [0.717, 1.165) is 29.0 Å². The van der Waals surface area contributed by atoms with Crippen LogP contribution in [0.2, 0.25) is 0 Å².